The van der Waals surface area contributed by atoms with Gasteiger partial charge in [-0.05, 0) is 36.2 Å². The summed E-state index contributed by atoms with van der Waals surface area (Å²) in [5, 5.41) is 13.4. The second-order valence-corrected chi connectivity index (χ2v) is 7.15. The Hall–Kier alpha value is -3.12. The molecule has 5 nitrogen and oxygen atoms in total. The summed E-state index contributed by atoms with van der Waals surface area (Å²) in [6.07, 6.45) is 0. The highest BCUT2D eigenvalue weighted by atomic mass is 32.2. The molecule has 0 fully saturated rings. The summed E-state index contributed by atoms with van der Waals surface area (Å²) in [4.78, 5) is 24.5. The number of nitro groups is 1. The van der Waals surface area contributed by atoms with E-state index in [4.69, 9.17) is 0 Å². The number of hydrogen-bond donors (Lipinski definition) is 1. The van der Waals surface area contributed by atoms with Crippen LogP contribution in [0.15, 0.2) is 83.8 Å². The van der Waals surface area contributed by atoms with Crippen LogP contribution in [-0.4, -0.2) is 10.8 Å². The third-order valence-corrected chi connectivity index (χ3v) is 5.28. The summed E-state index contributed by atoms with van der Waals surface area (Å²) < 4.78 is 0. The van der Waals surface area contributed by atoms with Crippen molar-refractivity contribution in [3.8, 4) is 0 Å². The molecule has 3 aromatic carbocycles. The van der Waals surface area contributed by atoms with E-state index < -0.39 is 10.2 Å². The highest BCUT2D eigenvalue weighted by molar-refractivity contribution is 8.00. The summed E-state index contributed by atoms with van der Waals surface area (Å²) in [6.45, 7) is 1.74. The first-order chi connectivity index (χ1) is 13.0. The Labute approximate surface area is 161 Å². The van der Waals surface area contributed by atoms with Crippen molar-refractivity contribution >= 4 is 29.0 Å². The van der Waals surface area contributed by atoms with Crippen LogP contribution in [0.3, 0.4) is 0 Å². The number of amides is 1. The fourth-order valence-corrected chi connectivity index (χ4v) is 3.68. The van der Waals surface area contributed by atoms with Gasteiger partial charge in [0.25, 0.3) is 5.69 Å². The fourth-order valence-electron chi connectivity index (χ4n) is 2.64. The third kappa shape index (κ3) is 4.74. The molecule has 3 aromatic rings. The van der Waals surface area contributed by atoms with E-state index in [1.165, 1.54) is 23.9 Å². The third-order valence-electron chi connectivity index (χ3n) is 4.02. The van der Waals surface area contributed by atoms with Crippen molar-refractivity contribution in [1.82, 2.24) is 0 Å². The van der Waals surface area contributed by atoms with Crippen LogP contribution in [0.2, 0.25) is 0 Å². The zero-order valence-corrected chi connectivity index (χ0v) is 15.5. The fraction of sp³-hybridized carbons (Fsp3) is 0.0952. The maximum absolute atomic E-state index is 13.0. The number of nitrogens with one attached hydrogen (secondary N) is 1. The van der Waals surface area contributed by atoms with Crippen LogP contribution < -0.4 is 5.32 Å². The molecule has 1 amide bonds. The number of carbonyl (C=O) groups excluding carboxylic acids is 1. The number of non-ortho nitro benzene ring substituents is 1. The zero-order valence-electron chi connectivity index (χ0n) is 14.7. The van der Waals surface area contributed by atoms with Crippen LogP contribution in [0.5, 0.6) is 0 Å². The number of nitrogens with zero attached hydrogens (tertiary/aromatic N) is 1. The first-order valence-electron chi connectivity index (χ1n) is 8.37. The molecule has 1 N–H and O–H groups in total. The van der Waals surface area contributed by atoms with E-state index in [-0.39, 0.29) is 11.6 Å². The zero-order chi connectivity index (χ0) is 19.2. The maximum Gasteiger partial charge on any atom is 0.269 e. The van der Waals surface area contributed by atoms with Gasteiger partial charge in [-0.2, -0.15) is 0 Å². The van der Waals surface area contributed by atoms with Crippen molar-refractivity contribution < 1.29 is 9.72 Å². The van der Waals surface area contributed by atoms with Crippen LogP contribution in [-0.2, 0) is 4.79 Å². The number of aryl methyl sites for hydroxylation is 1. The number of nitro benzene ring substituents is 1. The van der Waals surface area contributed by atoms with Gasteiger partial charge in [0.05, 0.1) is 4.92 Å². The van der Waals surface area contributed by atoms with Crippen LogP contribution in [0.25, 0.3) is 0 Å². The van der Waals surface area contributed by atoms with Crippen molar-refractivity contribution in [2.24, 2.45) is 0 Å². The van der Waals surface area contributed by atoms with Gasteiger partial charge in [-0.15, -0.1) is 11.8 Å². The number of anilines is 1. The maximum atomic E-state index is 13.0. The van der Waals surface area contributed by atoms with Gasteiger partial charge in [-0.25, -0.2) is 0 Å². The van der Waals surface area contributed by atoms with Crippen molar-refractivity contribution in [3.05, 3.63) is 100 Å². The smallest absolute Gasteiger partial charge is 0.269 e. The topological polar surface area (TPSA) is 72.2 Å². The second kappa shape index (κ2) is 8.51. The lowest BCUT2D eigenvalue weighted by atomic mass is 10.1. The molecule has 0 heterocycles. The Balaban J connectivity index is 1.86. The number of carbonyl (C=O) groups is 1. The van der Waals surface area contributed by atoms with Gasteiger partial charge in [-0.1, -0.05) is 48.5 Å². The Bertz CT molecular complexity index is 946. The SMILES string of the molecule is Cc1cc([N+](=O)[O-])ccc1NC(=O)[C@H](Sc1ccccc1)c1ccccc1. The van der Waals surface area contributed by atoms with E-state index >= 15 is 0 Å². The molecule has 1 atom stereocenters. The van der Waals surface area contributed by atoms with E-state index in [0.29, 0.717) is 11.3 Å². The molecular formula is C21H18N2O3S. The number of rotatable bonds is 6. The summed E-state index contributed by atoms with van der Waals surface area (Å²) >= 11 is 1.46. The van der Waals surface area contributed by atoms with Crippen molar-refractivity contribution in [2.45, 2.75) is 17.1 Å². The predicted molar refractivity (Wildman–Crippen MR) is 108 cm³/mol. The Morgan fingerprint density at radius 1 is 1.00 bits per heavy atom. The van der Waals surface area contributed by atoms with Crippen LogP contribution in [0.1, 0.15) is 16.4 Å². The van der Waals surface area contributed by atoms with E-state index in [1.54, 1.807) is 13.0 Å². The first-order valence-corrected chi connectivity index (χ1v) is 9.25. The van der Waals surface area contributed by atoms with Crippen LogP contribution in [0, 0.1) is 17.0 Å². The monoisotopic (exact) mass is 378 g/mol. The molecular weight excluding hydrogens is 360 g/mol. The summed E-state index contributed by atoms with van der Waals surface area (Å²) in [5.74, 6) is -0.174. The van der Waals surface area contributed by atoms with Gasteiger partial charge in [0.1, 0.15) is 5.25 Å². The van der Waals surface area contributed by atoms with E-state index in [0.717, 1.165) is 10.5 Å². The lowest BCUT2D eigenvalue weighted by Crippen LogP contribution is -2.19. The standard InChI is InChI=1S/C21H18N2O3S/c1-15-14-17(23(25)26)12-13-19(15)22-21(24)20(16-8-4-2-5-9-16)27-18-10-6-3-7-11-18/h2-14,20H,1H3,(H,22,24)/t20-/m1/s1. The highest BCUT2D eigenvalue weighted by Crippen LogP contribution is 2.36. The molecule has 0 spiro atoms. The van der Waals surface area contributed by atoms with Gasteiger partial charge in [0.15, 0.2) is 0 Å². The minimum atomic E-state index is -0.448. The Kier molecular flexibility index (Phi) is 5.88. The number of thioether (sulfide) groups is 1. The normalized spacial score (nSPS) is 11.6. The quantitative estimate of drug-likeness (QED) is 0.355. The molecule has 0 saturated carbocycles. The van der Waals surface area contributed by atoms with E-state index in [2.05, 4.69) is 5.32 Å². The Morgan fingerprint density at radius 2 is 1.63 bits per heavy atom. The van der Waals surface area contributed by atoms with Gasteiger partial charge in [0.2, 0.25) is 5.91 Å². The second-order valence-electron chi connectivity index (χ2n) is 5.97. The lowest BCUT2D eigenvalue weighted by molar-refractivity contribution is -0.384. The molecule has 0 radical (unpaired) electrons. The van der Waals surface area contributed by atoms with Gasteiger partial charge in [0, 0.05) is 22.7 Å². The van der Waals surface area contributed by atoms with E-state index in [1.807, 2.05) is 60.7 Å². The number of hydrogen-bond acceptors (Lipinski definition) is 4. The number of benzene rings is 3. The molecule has 27 heavy (non-hydrogen) atoms. The molecule has 0 saturated heterocycles. The molecule has 0 aliphatic rings. The molecule has 0 aliphatic heterocycles. The van der Waals surface area contributed by atoms with Gasteiger partial charge < -0.3 is 5.32 Å². The minimum Gasteiger partial charge on any atom is -0.325 e. The van der Waals surface area contributed by atoms with E-state index in [9.17, 15) is 14.9 Å². The van der Waals surface area contributed by atoms with Crippen LogP contribution in [0.4, 0.5) is 11.4 Å². The molecule has 136 valence electrons. The predicted octanol–water partition coefficient (Wildman–Crippen LogP) is 5.38. The highest BCUT2D eigenvalue weighted by Gasteiger charge is 2.23. The molecule has 0 bridgehead atoms. The molecule has 6 heteroatoms. The largest absolute Gasteiger partial charge is 0.325 e. The van der Waals surface area contributed by atoms with Crippen LogP contribution >= 0.6 is 11.8 Å². The summed E-state index contributed by atoms with van der Waals surface area (Å²) in [7, 11) is 0. The minimum absolute atomic E-state index is 0.00349. The summed E-state index contributed by atoms with van der Waals surface area (Å²) in [6, 6.07) is 23.7. The molecule has 0 unspecified atom stereocenters. The van der Waals surface area contributed by atoms with Gasteiger partial charge >= 0.3 is 0 Å². The summed E-state index contributed by atoms with van der Waals surface area (Å²) in [5.41, 5.74) is 2.11. The lowest BCUT2D eigenvalue weighted by Gasteiger charge is -2.18. The first kappa shape index (κ1) is 18.7. The van der Waals surface area contributed by atoms with Crippen molar-refractivity contribution in [3.63, 3.8) is 0 Å². The van der Waals surface area contributed by atoms with Crippen molar-refractivity contribution in [2.75, 3.05) is 5.32 Å². The average Bonchev–Trinajstić information content (AvgIpc) is 2.69. The molecule has 3 rings (SSSR count). The van der Waals surface area contributed by atoms with Crippen molar-refractivity contribution in [1.29, 1.82) is 0 Å². The molecule has 0 aromatic heterocycles. The van der Waals surface area contributed by atoms with Gasteiger partial charge in [-0.3, -0.25) is 14.9 Å². The molecule has 0 aliphatic carbocycles. The Morgan fingerprint density at radius 3 is 2.22 bits per heavy atom. The average molecular weight is 378 g/mol.